The molecule has 0 aromatic carbocycles. The molecule has 3 heterocycles. The monoisotopic (exact) mass is 243 g/mol. The molecule has 0 amide bonds. The van der Waals surface area contributed by atoms with Crippen molar-refractivity contribution in [2.45, 2.75) is 6.92 Å². The van der Waals surface area contributed by atoms with Crippen molar-refractivity contribution < 1.29 is 5.11 Å². The van der Waals surface area contributed by atoms with Crippen LogP contribution in [0.2, 0.25) is 0 Å². The number of hydrogen-bond donors (Lipinski definition) is 2. The van der Waals surface area contributed by atoms with Crippen LogP contribution in [0.4, 0.5) is 0 Å². The third kappa shape index (κ3) is 1.45. The number of aryl methyl sites for hydroxylation is 1. The first-order chi connectivity index (χ1) is 8.66. The highest BCUT2D eigenvalue weighted by Crippen LogP contribution is 2.23. The number of pyridine rings is 1. The zero-order valence-corrected chi connectivity index (χ0v) is 9.45. The zero-order chi connectivity index (χ0) is 12.7. The van der Waals surface area contributed by atoms with Crippen molar-refractivity contribution in [3.8, 4) is 17.1 Å². The third-order valence-electron chi connectivity index (χ3n) is 2.60. The Labute approximate surface area is 101 Å². The van der Waals surface area contributed by atoms with Gasteiger partial charge in [0.25, 0.3) is 5.56 Å². The number of hydrogen-bond acceptors (Lipinski definition) is 5. The van der Waals surface area contributed by atoms with Crippen LogP contribution in [-0.2, 0) is 0 Å². The van der Waals surface area contributed by atoms with E-state index in [2.05, 4.69) is 20.1 Å². The summed E-state index contributed by atoms with van der Waals surface area (Å²) in [7, 11) is 0. The number of aromatic nitrogens is 5. The van der Waals surface area contributed by atoms with Crippen molar-refractivity contribution >= 4 is 5.78 Å². The molecule has 0 aliphatic rings. The summed E-state index contributed by atoms with van der Waals surface area (Å²) in [5.74, 6) is -0.0850. The van der Waals surface area contributed by atoms with E-state index in [1.165, 1.54) is 6.33 Å². The maximum atomic E-state index is 11.9. The molecule has 0 unspecified atom stereocenters. The van der Waals surface area contributed by atoms with Gasteiger partial charge in [0.2, 0.25) is 11.7 Å². The smallest absolute Gasteiger partial charge is 0.265 e. The predicted octanol–water partition coefficient (Wildman–Crippen LogP) is 0.494. The lowest BCUT2D eigenvalue weighted by Crippen LogP contribution is -2.13. The molecular formula is C11H9N5O2. The molecule has 2 N–H and O–H groups in total. The van der Waals surface area contributed by atoms with Crippen LogP contribution in [0.5, 0.6) is 5.88 Å². The normalized spacial score (nSPS) is 10.9. The van der Waals surface area contributed by atoms with Crippen molar-refractivity contribution in [3.05, 3.63) is 40.6 Å². The molecule has 0 atom stereocenters. The Bertz CT molecular complexity index is 789. The molecule has 7 nitrogen and oxygen atoms in total. The van der Waals surface area contributed by atoms with Gasteiger partial charge in [-0.2, -0.15) is 14.6 Å². The van der Waals surface area contributed by atoms with Crippen LogP contribution >= 0.6 is 0 Å². The molecule has 0 aliphatic carbocycles. The number of H-pyrrole nitrogens is 1. The fourth-order valence-corrected chi connectivity index (χ4v) is 1.76. The second kappa shape index (κ2) is 3.66. The lowest BCUT2D eigenvalue weighted by molar-refractivity contribution is 0.436. The van der Waals surface area contributed by atoms with E-state index < -0.39 is 5.56 Å². The van der Waals surface area contributed by atoms with Crippen molar-refractivity contribution in [1.82, 2.24) is 24.6 Å². The van der Waals surface area contributed by atoms with Gasteiger partial charge in [0.1, 0.15) is 11.9 Å². The molecule has 0 saturated carbocycles. The Morgan fingerprint density at radius 1 is 1.39 bits per heavy atom. The van der Waals surface area contributed by atoms with Crippen molar-refractivity contribution in [1.29, 1.82) is 0 Å². The topological polar surface area (TPSA) is 96.2 Å². The molecule has 3 rings (SSSR count). The Hall–Kier alpha value is -2.70. The number of fused-ring (bicyclic) bond motifs is 1. The van der Waals surface area contributed by atoms with Gasteiger partial charge in [0.05, 0.1) is 5.69 Å². The highest BCUT2D eigenvalue weighted by atomic mass is 16.3. The molecule has 0 fully saturated rings. The molecule has 0 saturated heterocycles. The average Bonchev–Trinajstić information content (AvgIpc) is 2.77. The van der Waals surface area contributed by atoms with Crippen molar-refractivity contribution in [2.75, 3.05) is 0 Å². The van der Waals surface area contributed by atoms with Gasteiger partial charge >= 0.3 is 0 Å². The van der Waals surface area contributed by atoms with Gasteiger partial charge in [-0.3, -0.25) is 14.8 Å². The number of aromatic hydroxyl groups is 1. The minimum absolute atomic E-state index is 0.0803. The van der Waals surface area contributed by atoms with E-state index in [0.717, 1.165) is 10.1 Å². The standard InChI is InChI=1S/C11H9N5O2/c1-6-2-3-12-7(4-6)8-9(17)15-11-13-5-14-16(11)10(8)18/h2-5,18H,1H3,(H,13,14,15,17). The minimum atomic E-state index is -0.453. The van der Waals surface area contributed by atoms with E-state index in [1.807, 2.05) is 13.0 Å². The van der Waals surface area contributed by atoms with Crippen LogP contribution in [0, 0.1) is 6.92 Å². The molecule has 0 aliphatic heterocycles. The molecule has 0 spiro atoms. The summed E-state index contributed by atoms with van der Waals surface area (Å²) in [5, 5.41) is 13.9. The van der Waals surface area contributed by atoms with Crippen molar-refractivity contribution in [3.63, 3.8) is 0 Å². The van der Waals surface area contributed by atoms with Gasteiger partial charge in [0.15, 0.2) is 0 Å². The largest absolute Gasteiger partial charge is 0.493 e. The molecule has 3 aromatic heterocycles. The lowest BCUT2D eigenvalue weighted by atomic mass is 10.1. The molecule has 0 radical (unpaired) electrons. The summed E-state index contributed by atoms with van der Waals surface area (Å²) >= 11 is 0. The zero-order valence-electron chi connectivity index (χ0n) is 9.45. The van der Waals surface area contributed by atoms with E-state index in [-0.39, 0.29) is 17.2 Å². The predicted molar refractivity (Wildman–Crippen MR) is 63.2 cm³/mol. The van der Waals surface area contributed by atoms with Gasteiger partial charge in [-0.05, 0) is 24.6 Å². The third-order valence-corrected chi connectivity index (χ3v) is 2.60. The molecule has 3 aromatic rings. The molecular weight excluding hydrogens is 234 g/mol. The van der Waals surface area contributed by atoms with Crippen LogP contribution < -0.4 is 5.56 Å². The number of aromatic amines is 1. The minimum Gasteiger partial charge on any atom is -0.493 e. The summed E-state index contributed by atoms with van der Waals surface area (Å²) in [6.07, 6.45) is 2.83. The Morgan fingerprint density at radius 3 is 3.00 bits per heavy atom. The summed E-state index contributed by atoms with van der Waals surface area (Å²) in [5.41, 5.74) is 0.964. The summed E-state index contributed by atoms with van der Waals surface area (Å²) < 4.78 is 1.15. The SMILES string of the molecule is Cc1ccnc(-c2c(O)n3ncnc3[nH]c2=O)c1. The lowest BCUT2D eigenvalue weighted by Gasteiger charge is -2.04. The summed E-state index contributed by atoms with van der Waals surface area (Å²) in [6, 6.07) is 3.52. The first-order valence-electron chi connectivity index (χ1n) is 5.25. The number of rotatable bonds is 1. The first kappa shape index (κ1) is 10.5. The van der Waals surface area contributed by atoms with E-state index >= 15 is 0 Å². The van der Waals surface area contributed by atoms with Gasteiger partial charge in [-0.25, -0.2) is 0 Å². The van der Waals surface area contributed by atoms with E-state index in [1.54, 1.807) is 12.3 Å². The molecule has 18 heavy (non-hydrogen) atoms. The fraction of sp³-hybridized carbons (Fsp3) is 0.0909. The highest BCUT2D eigenvalue weighted by molar-refractivity contribution is 5.65. The number of nitrogens with zero attached hydrogens (tertiary/aromatic N) is 4. The van der Waals surface area contributed by atoms with E-state index in [9.17, 15) is 9.90 Å². The summed E-state index contributed by atoms with van der Waals surface area (Å²) in [6.45, 7) is 1.88. The van der Waals surface area contributed by atoms with E-state index in [4.69, 9.17) is 0 Å². The van der Waals surface area contributed by atoms with Crippen LogP contribution in [-0.4, -0.2) is 29.7 Å². The van der Waals surface area contributed by atoms with Crippen molar-refractivity contribution in [2.24, 2.45) is 0 Å². The Balaban J connectivity index is 2.38. The van der Waals surface area contributed by atoms with Crippen LogP contribution in [0.1, 0.15) is 5.56 Å². The second-order valence-electron chi connectivity index (χ2n) is 3.87. The first-order valence-corrected chi connectivity index (χ1v) is 5.25. The highest BCUT2D eigenvalue weighted by Gasteiger charge is 2.16. The maximum absolute atomic E-state index is 11.9. The fourth-order valence-electron chi connectivity index (χ4n) is 1.76. The van der Waals surface area contributed by atoms with Gasteiger partial charge in [0, 0.05) is 6.20 Å². The van der Waals surface area contributed by atoms with Gasteiger partial charge in [-0.1, -0.05) is 0 Å². The maximum Gasteiger partial charge on any atom is 0.265 e. The van der Waals surface area contributed by atoms with E-state index in [0.29, 0.717) is 5.69 Å². The van der Waals surface area contributed by atoms with Crippen LogP contribution in [0.3, 0.4) is 0 Å². The Kier molecular flexibility index (Phi) is 2.12. The second-order valence-corrected chi connectivity index (χ2v) is 3.87. The molecule has 7 heteroatoms. The molecule has 0 bridgehead atoms. The van der Waals surface area contributed by atoms with Crippen LogP contribution in [0.25, 0.3) is 17.0 Å². The Morgan fingerprint density at radius 2 is 2.22 bits per heavy atom. The number of nitrogens with one attached hydrogen (secondary N) is 1. The van der Waals surface area contributed by atoms with Gasteiger partial charge < -0.3 is 5.11 Å². The average molecular weight is 243 g/mol. The quantitative estimate of drug-likeness (QED) is 0.648. The van der Waals surface area contributed by atoms with Crippen LogP contribution in [0.15, 0.2) is 29.5 Å². The summed E-state index contributed by atoms with van der Waals surface area (Å²) in [4.78, 5) is 22.3. The van der Waals surface area contributed by atoms with Gasteiger partial charge in [-0.15, -0.1) is 0 Å². The molecule has 90 valence electrons.